The number of benzene rings is 3. The molecule has 4 saturated heterocycles. The van der Waals surface area contributed by atoms with Crippen molar-refractivity contribution in [3.63, 3.8) is 0 Å². The van der Waals surface area contributed by atoms with E-state index in [-0.39, 0.29) is 71.6 Å². The molecule has 10 atom stereocenters. The Balaban J connectivity index is 0.0000138. The van der Waals surface area contributed by atoms with Gasteiger partial charge >= 0.3 is 11.9 Å². The Morgan fingerprint density at radius 1 is 0.626 bits per heavy atom. The van der Waals surface area contributed by atoms with Crippen molar-refractivity contribution < 1.29 is 76.9 Å². The van der Waals surface area contributed by atoms with Gasteiger partial charge in [0.15, 0.2) is 11.3 Å². The molecule has 0 saturated carbocycles. The van der Waals surface area contributed by atoms with Crippen LogP contribution in [0.4, 0.5) is 11.4 Å². The number of anilines is 2. The first-order valence-corrected chi connectivity index (χ1v) is 33.3. The number of amides is 10. The molecule has 5 heterocycles. The van der Waals surface area contributed by atoms with Crippen molar-refractivity contribution in [2.24, 2.45) is 23.7 Å². The first-order chi connectivity index (χ1) is 46.1. The summed E-state index contributed by atoms with van der Waals surface area (Å²) < 4.78 is 18.7. The summed E-state index contributed by atoms with van der Waals surface area (Å²) in [6.07, 6.45) is -1.75. The van der Waals surface area contributed by atoms with Crippen LogP contribution in [-0.2, 0) is 64.0 Å². The van der Waals surface area contributed by atoms with Crippen molar-refractivity contribution in [1.82, 2.24) is 55.7 Å². The number of nitrogens with two attached hydrogens (primary N) is 1. The quantitative estimate of drug-likeness (QED) is 0.0704. The van der Waals surface area contributed by atoms with Crippen LogP contribution in [0.5, 0.6) is 0 Å². The number of nitrogens with zero attached hydrogens (tertiary/aromatic N) is 7. The maximum atomic E-state index is 15.7. The molecule has 0 aromatic heterocycles. The third-order valence-corrected chi connectivity index (χ3v) is 19.0. The third-order valence-electron chi connectivity index (χ3n) is 19.0. The lowest BCUT2D eigenvalue weighted by atomic mass is 9.98. The van der Waals surface area contributed by atoms with E-state index in [0.717, 1.165) is 15.4 Å². The predicted molar refractivity (Wildman–Crippen MR) is 363 cm³/mol. The highest BCUT2D eigenvalue weighted by atomic mass is 16.6. The zero-order valence-corrected chi connectivity index (χ0v) is 59.2. The van der Waals surface area contributed by atoms with E-state index in [9.17, 15) is 43.2 Å². The number of rotatable bonds is 11. The minimum Gasteiger partial charge on any atom is -0.458 e. The standard InChI is InChI=1S/C69H93N13O16.H2O/c1-32(2)49-66(92)81-26-20-24-43(81)64(90)77(13)30-45(83)79(15)55(34(5)6)68(94)96-38(11)51(62(88)73-49)75-60(86)41-28-42(71-29-40-22-18-17-19-23-40)36(9)58-53(41)72-54-47(48(70)57(85)37(10)59(54)98-58)61(87)76-52-39(12)97-69(95)56(35(7)8)80(16)46(84)31-78(14)65(91)44-25-21-27-82(44)67(93)50(33(3)4)74-63(52)89;/h17-19,22-23,28,32-35,38-39,43-44,49-52,55-56,71H,20-21,24-27,29-31,70H2,1-16H3,(H,73,88)(H,74,89)(H,75,86)(H,76,87);1H2/t38-,39-,43+,44+,49-,50-,51+,52+,55+,56+;/m1./s1. The van der Waals surface area contributed by atoms with Crippen LogP contribution in [0.2, 0.25) is 0 Å². The molecule has 5 aliphatic heterocycles. The molecule has 2 aromatic rings. The third kappa shape index (κ3) is 15.9. The van der Waals surface area contributed by atoms with Gasteiger partial charge < -0.3 is 81.1 Å². The Morgan fingerprint density at radius 3 is 1.51 bits per heavy atom. The van der Waals surface area contributed by atoms with Gasteiger partial charge in [-0.15, -0.1) is 0 Å². The SMILES string of the molecule is Cc1c2oc3c(C)c(NCc4ccccc4)cc(C(=O)N[C@@H]4C(=O)N[C@H](C(C)C)C(=O)N5CCC[C@H]5C(=O)N(C)CC(=O)N(C)[C@@H](C(C)C)C(=O)O[C@@H]4C)c3nc-2c(C(=O)N[C@@H]2C(=O)N[C@H](C(C)C)C(=O)N3CCC[C@H]3C(=O)N(C)CC(=O)N(C)[C@@H](C(C)C)C(=O)O[C@@H]2C)c(N)c1=O.O. The zero-order chi connectivity index (χ0) is 72.4. The number of fused-ring (bicyclic) bond motifs is 4. The van der Waals surface area contributed by atoms with Gasteiger partial charge in [0.05, 0.1) is 29.9 Å². The van der Waals surface area contributed by atoms with Gasteiger partial charge in [-0.2, -0.15) is 0 Å². The van der Waals surface area contributed by atoms with Gasteiger partial charge in [0.2, 0.25) is 52.7 Å². The first kappa shape index (κ1) is 76.6. The van der Waals surface area contributed by atoms with E-state index in [1.54, 1.807) is 62.3 Å². The van der Waals surface area contributed by atoms with Crippen LogP contribution < -0.4 is 37.7 Å². The summed E-state index contributed by atoms with van der Waals surface area (Å²) in [5.41, 5.74) is 4.55. The number of nitrogen functional groups attached to an aromatic ring is 1. The Kier molecular flexibility index (Phi) is 24.3. The molecule has 538 valence electrons. The molecule has 0 unspecified atom stereocenters. The van der Waals surface area contributed by atoms with Gasteiger partial charge in [0.1, 0.15) is 71.8 Å². The summed E-state index contributed by atoms with van der Waals surface area (Å²) in [6, 6.07) is -0.303. The fourth-order valence-electron chi connectivity index (χ4n) is 13.3. The van der Waals surface area contributed by atoms with Gasteiger partial charge in [-0.3, -0.25) is 52.7 Å². The number of ether oxygens (including phenoxy) is 2. The number of hydrogen-bond donors (Lipinski definition) is 6. The van der Waals surface area contributed by atoms with Crippen molar-refractivity contribution >= 4 is 93.5 Å². The largest absolute Gasteiger partial charge is 0.458 e. The molecule has 6 aliphatic rings. The highest BCUT2D eigenvalue weighted by Gasteiger charge is 2.47. The molecule has 99 heavy (non-hydrogen) atoms. The van der Waals surface area contributed by atoms with E-state index in [2.05, 4.69) is 26.6 Å². The number of carbonyl (C=O) groups excluding carboxylic acids is 12. The number of aryl methyl sites for hydroxylation is 1. The van der Waals surface area contributed by atoms with Crippen molar-refractivity contribution in [2.75, 3.05) is 65.4 Å². The van der Waals surface area contributed by atoms with Crippen LogP contribution in [0.3, 0.4) is 0 Å². The van der Waals surface area contributed by atoms with E-state index in [1.165, 1.54) is 74.6 Å². The molecule has 30 heteroatoms. The second kappa shape index (κ2) is 31.4. The molecule has 10 amide bonds. The number of aromatic nitrogens is 1. The molecule has 4 fully saturated rings. The molecule has 8 rings (SSSR count). The monoisotopic (exact) mass is 1380 g/mol. The Morgan fingerprint density at radius 2 is 1.07 bits per heavy atom. The fraction of sp³-hybridized carbons (Fsp3) is 0.565. The fourth-order valence-corrected chi connectivity index (χ4v) is 13.3. The summed E-state index contributed by atoms with van der Waals surface area (Å²) in [5, 5.41) is 14.2. The lowest BCUT2D eigenvalue weighted by molar-refractivity contribution is -0.163. The van der Waals surface area contributed by atoms with Gasteiger partial charge in [-0.25, -0.2) is 14.6 Å². The van der Waals surface area contributed by atoms with Gasteiger partial charge in [0.25, 0.3) is 11.8 Å². The predicted octanol–water partition coefficient (Wildman–Crippen LogP) is 1.51. The molecule has 0 bridgehead atoms. The second-order valence-electron chi connectivity index (χ2n) is 27.5. The smallest absolute Gasteiger partial charge is 0.329 e. The van der Waals surface area contributed by atoms with E-state index in [4.69, 9.17) is 24.6 Å². The molecule has 0 radical (unpaired) electrons. The summed E-state index contributed by atoms with van der Waals surface area (Å²) in [5.74, 6) is -12.6. The summed E-state index contributed by atoms with van der Waals surface area (Å²) in [7, 11) is 5.59. The van der Waals surface area contributed by atoms with Crippen LogP contribution in [0.25, 0.3) is 22.6 Å². The summed E-state index contributed by atoms with van der Waals surface area (Å²) in [4.78, 5) is 202. The van der Waals surface area contributed by atoms with Gasteiger partial charge in [0, 0.05) is 64.6 Å². The number of likely N-dealkylation sites (N-methyl/N-ethyl adjacent to an activating group) is 4. The highest BCUT2D eigenvalue weighted by molar-refractivity contribution is 6.11. The summed E-state index contributed by atoms with van der Waals surface area (Å²) >= 11 is 0. The van der Waals surface area contributed by atoms with Crippen molar-refractivity contribution in [1.29, 1.82) is 0 Å². The average molecular weight is 1380 g/mol. The average Bonchev–Trinajstić information content (AvgIpc) is 0.742. The highest BCUT2D eigenvalue weighted by Crippen LogP contribution is 2.38. The van der Waals surface area contributed by atoms with Crippen molar-refractivity contribution in [2.45, 2.75) is 176 Å². The normalized spacial score (nSPS) is 24.7. The molecule has 2 aromatic carbocycles. The maximum absolute atomic E-state index is 15.7. The molecule has 0 spiro atoms. The molecule has 30 nitrogen and oxygen atoms in total. The summed E-state index contributed by atoms with van der Waals surface area (Å²) in [6.45, 7) is 18.6. The van der Waals surface area contributed by atoms with E-state index < -0.39 is 191 Å². The number of carbonyl (C=O) groups is 12. The van der Waals surface area contributed by atoms with E-state index >= 15 is 19.2 Å². The van der Waals surface area contributed by atoms with Gasteiger partial charge in [-0.1, -0.05) is 85.7 Å². The lowest BCUT2D eigenvalue weighted by Gasteiger charge is -2.36. The molecule has 9 N–H and O–H groups in total. The Hall–Kier alpha value is -9.74. The molecular weight excluding hydrogens is 1280 g/mol. The van der Waals surface area contributed by atoms with Crippen molar-refractivity contribution in [3.8, 4) is 11.5 Å². The van der Waals surface area contributed by atoms with Crippen molar-refractivity contribution in [3.05, 3.63) is 74.4 Å². The minimum absolute atomic E-state index is 0. The second-order valence-corrected chi connectivity index (χ2v) is 27.5. The van der Waals surface area contributed by atoms with E-state index in [1.807, 2.05) is 30.3 Å². The maximum Gasteiger partial charge on any atom is 0.329 e. The van der Waals surface area contributed by atoms with Crippen LogP contribution in [0, 0.1) is 37.5 Å². The topological polar surface area (TPSA) is 404 Å². The minimum atomic E-state index is -1.91. The van der Waals surface area contributed by atoms with Crippen LogP contribution in [0.1, 0.15) is 132 Å². The Bertz CT molecular complexity index is 3840. The van der Waals surface area contributed by atoms with Crippen LogP contribution >= 0.6 is 0 Å². The zero-order valence-electron chi connectivity index (χ0n) is 59.2. The lowest BCUT2D eigenvalue weighted by Crippen LogP contribution is -2.61. The van der Waals surface area contributed by atoms with Crippen LogP contribution in [-0.4, -0.2) is 226 Å². The number of cyclic esters (lactones) is 2. The number of nitrogens with one attached hydrogen (secondary N) is 5. The number of hydrogen-bond acceptors (Lipinski definition) is 19. The molecule has 1 aliphatic carbocycles. The number of esters is 2. The first-order valence-electron chi connectivity index (χ1n) is 33.3. The van der Waals surface area contributed by atoms with Crippen LogP contribution in [0.15, 0.2) is 45.6 Å². The van der Waals surface area contributed by atoms with E-state index in [0.29, 0.717) is 18.4 Å². The molecular formula is C69H95N13O17. The van der Waals surface area contributed by atoms with Gasteiger partial charge in [-0.05, 0) is 88.7 Å². The Labute approximate surface area is 574 Å².